The van der Waals surface area contributed by atoms with E-state index >= 15 is 0 Å². The second-order valence-electron chi connectivity index (χ2n) is 1.89. The summed E-state index contributed by atoms with van der Waals surface area (Å²) in [5, 5.41) is 0. The van der Waals surface area contributed by atoms with Gasteiger partial charge in [0.15, 0.2) is 6.29 Å². The van der Waals surface area contributed by atoms with Gasteiger partial charge in [0.05, 0.1) is 0 Å². The molecule has 1 atom stereocenters. The molecule has 11 heavy (non-hydrogen) atoms. The van der Waals surface area contributed by atoms with E-state index in [2.05, 4.69) is 0 Å². The molecule has 0 aromatic rings. The summed E-state index contributed by atoms with van der Waals surface area (Å²) >= 11 is 1.71. The first-order valence-electron chi connectivity index (χ1n) is 2.81. The van der Waals surface area contributed by atoms with Crippen LogP contribution in [0.5, 0.6) is 0 Å². The number of alkyl halides is 1. The Balaban J connectivity index is 2.81. The van der Waals surface area contributed by atoms with Gasteiger partial charge in [-0.25, -0.2) is 0 Å². The van der Waals surface area contributed by atoms with Gasteiger partial charge in [-0.1, -0.05) is 0 Å². The highest BCUT2D eigenvalue weighted by molar-refractivity contribution is 14.1. The first kappa shape index (κ1) is 8.38. The number of rotatable bonds is 2. The topological polar surface area (TPSA) is 54.5 Å². The Morgan fingerprint density at radius 1 is 1.36 bits per heavy atom. The van der Waals surface area contributed by atoms with E-state index in [0.29, 0.717) is 6.29 Å². The van der Waals surface area contributed by atoms with Gasteiger partial charge in [-0.15, -0.1) is 0 Å². The van der Waals surface area contributed by atoms with Gasteiger partial charge in [-0.2, -0.15) is 0 Å². The zero-order chi connectivity index (χ0) is 8.43. The van der Waals surface area contributed by atoms with Gasteiger partial charge in [0.1, 0.15) is 4.05 Å². The van der Waals surface area contributed by atoms with E-state index < -0.39 is 15.9 Å². The maximum atomic E-state index is 10.8. The molecule has 0 aromatic heterocycles. The average molecular weight is 265 g/mol. The van der Waals surface area contributed by atoms with Gasteiger partial charge in [0.2, 0.25) is 0 Å². The number of aldehydes is 1. The highest BCUT2D eigenvalue weighted by atomic mass is 127. The molecule has 0 radical (unpaired) electrons. The molecule has 0 saturated heterocycles. The first-order valence-corrected chi connectivity index (χ1v) is 4.06. The van der Waals surface area contributed by atoms with Crippen LogP contribution in [-0.4, -0.2) is 27.0 Å². The summed E-state index contributed by atoms with van der Waals surface area (Å²) in [6, 6.07) is 0. The van der Waals surface area contributed by atoms with Crippen LogP contribution in [0.2, 0.25) is 0 Å². The third kappa shape index (κ3) is 1.47. The third-order valence-corrected chi connectivity index (χ3v) is 2.05. The monoisotopic (exact) mass is 265 g/mol. The van der Waals surface area contributed by atoms with Gasteiger partial charge >= 0.3 is 0 Å². The lowest BCUT2D eigenvalue weighted by Gasteiger charge is -2.14. The fourth-order valence-corrected chi connectivity index (χ4v) is 1.26. The number of amides is 2. The quantitative estimate of drug-likeness (QED) is 0.230. The molecule has 1 heterocycles. The Morgan fingerprint density at radius 2 is 1.82 bits per heavy atom. The Labute approximate surface area is 76.4 Å². The molecule has 0 bridgehead atoms. The van der Waals surface area contributed by atoms with Crippen molar-refractivity contribution >= 4 is 40.7 Å². The normalized spacial score (nSPS) is 19.2. The molecule has 0 saturated carbocycles. The lowest BCUT2D eigenvalue weighted by molar-refractivity contribution is -0.139. The minimum atomic E-state index is -0.692. The van der Waals surface area contributed by atoms with Crippen molar-refractivity contribution in [2.45, 2.75) is 4.05 Å². The summed E-state index contributed by atoms with van der Waals surface area (Å²) in [5.74, 6) is -0.858. The van der Waals surface area contributed by atoms with Crippen LogP contribution in [0.4, 0.5) is 0 Å². The van der Waals surface area contributed by atoms with Gasteiger partial charge in [0.25, 0.3) is 11.8 Å². The van der Waals surface area contributed by atoms with Crippen LogP contribution in [0.3, 0.4) is 0 Å². The van der Waals surface area contributed by atoms with Crippen molar-refractivity contribution in [3.63, 3.8) is 0 Å². The molecule has 1 aliphatic rings. The standard InChI is InChI=1S/C6H4INO3/c7-4(3-9)8-5(10)1-2-6(8)11/h1-4H. The molecule has 0 aliphatic carbocycles. The van der Waals surface area contributed by atoms with Crippen LogP contribution in [0.25, 0.3) is 0 Å². The molecular formula is C6H4INO3. The van der Waals surface area contributed by atoms with Gasteiger partial charge in [0, 0.05) is 12.2 Å². The van der Waals surface area contributed by atoms with Crippen LogP contribution < -0.4 is 0 Å². The van der Waals surface area contributed by atoms with E-state index in [1.165, 1.54) is 0 Å². The highest BCUT2D eigenvalue weighted by Crippen LogP contribution is 2.12. The fourth-order valence-electron chi connectivity index (χ4n) is 0.716. The molecule has 1 rings (SSSR count). The second-order valence-corrected chi connectivity index (χ2v) is 3.16. The van der Waals surface area contributed by atoms with E-state index in [1.807, 2.05) is 0 Å². The van der Waals surface area contributed by atoms with Crippen molar-refractivity contribution in [3.8, 4) is 0 Å². The average Bonchev–Trinajstić information content (AvgIpc) is 2.30. The van der Waals surface area contributed by atoms with E-state index in [0.717, 1.165) is 17.1 Å². The Morgan fingerprint density at radius 3 is 2.18 bits per heavy atom. The van der Waals surface area contributed by atoms with Crippen molar-refractivity contribution in [2.24, 2.45) is 0 Å². The maximum Gasteiger partial charge on any atom is 0.254 e. The Bertz CT molecular complexity index is 230. The van der Waals surface area contributed by atoms with E-state index in [4.69, 9.17) is 0 Å². The van der Waals surface area contributed by atoms with Gasteiger partial charge < -0.3 is 4.79 Å². The van der Waals surface area contributed by atoms with Crippen molar-refractivity contribution < 1.29 is 14.4 Å². The molecule has 0 spiro atoms. The summed E-state index contributed by atoms with van der Waals surface area (Å²) in [5.41, 5.74) is 0. The summed E-state index contributed by atoms with van der Waals surface area (Å²) in [6.07, 6.45) is 2.85. The van der Waals surface area contributed by atoms with E-state index in [-0.39, 0.29) is 0 Å². The summed E-state index contributed by atoms with van der Waals surface area (Å²) < 4.78 is -0.692. The number of halogens is 1. The lowest BCUT2D eigenvalue weighted by Crippen LogP contribution is -2.37. The largest absolute Gasteiger partial charge is 0.300 e. The molecule has 2 amide bonds. The molecule has 58 valence electrons. The minimum Gasteiger partial charge on any atom is -0.300 e. The molecule has 0 fully saturated rings. The first-order chi connectivity index (χ1) is 5.16. The van der Waals surface area contributed by atoms with Crippen molar-refractivity contribution in [1.29, 1.82) is 0 Å². The molecule has 4 nitrogen and oxygen atoms in total. The number of imide groups is 1. The molecule has 0 N–H and O–H groups in total. The molecular weight excluding hydrogens is 261 g/mol. The molecule has 1 aliphatic heterocycles. The van der Waals surface area contributed by atoms with Crippen molar-refractivity contribution in [3.05, 3.63) is 12.2 Å². The maximum absolute atomic E-state index is 10.8. The van der Waals surface area contributed by atoms with Crippen molar-refractivity contribution in [2.75, 3.05) is 0 Å². The number of nitrogens with zero attached hydrogens (tertiary/aromatic N) is 1. The predicted molar refractivity (Wildman–Crippen MR) is 44.9 cm³/mol. The highest BCUT2D eigenvalue weighted by Gasteiger charge is 2.28. The van der Waals surface area contributed by atoms with Crippen LogP contribution in [0, 0.1) is 0 Å². The molecule has 0 aromatic carbocycles. The zero-order valence-electron chi connectivity index (χ0n) is 5.36. The van der Waals surface area contributed by atoms with Gasteiger partial charge in [-0.3, -0.25) is 14.5 Å². The Hall–Kier alpha value is -0.720. The summed E-state index contributed by atoms with van der Waals surface area (Å²) in [6.45, 7) is 0. The van der Waals surface area contributed by atoms with Crippen LogP contribution >= 0.6 is 22.6 Å². The number of carbonyl (C=O) groups is 3. The lowest BCUT2D eigenvalue weighted by atomic mass is 10.5. The van der Waals surface area contributed by atoms with E-state index in [9.17, 15) is 14.4 Å². The van der Waals surface area contributed by atoms with Crippen molar-refractivity contribution in [1.82, 2.24) is 4.90 Å². The van der Waals surface area contributed by atoms with Crippen LogP contribution in [0.1, 0.15) is 0 Å². The Kier molecular flexibility index (Phi) is 2.38. The zero-order valence-corrected chi connectivity index (χ0v) is 7.52. The summed E-state index contributed by atoms with van der Waals surface area (Å²) in [4.78, 5) is 32.8. The number of hydrogen-bond acceptors (Lipinski definition) is 3. The third-order valence-electron chi connectivity index (χ3n) is 1.20. The van der Waals surface area contributed by atoms with E-state index in [1.54, 1.807) is 22.6 Å². The fraction of sp³-hybridized carbons (Fsp3) is 0.167. The van der Waals surface area contributed by atoms with Crippen LogP contribution in [-0.2, 0) is 14.4 Å². The molecule has 5 heteroatoms. The van der Waals surface area contributed by atoms with Gasteiger partial charge in [-0.05, 0) is 22.6 Å². The summed E-state index contributed by atoms with van der Waals surface area (Å²) in [7, 11) is 0. The molecule has 1 unspecified atom stereocenters. The van der Waals surface area contributed by atoms with Crippen LogP contribution in [0.15, 0.2) is 12.2 Å². The number of carbonyl (C=O) groups excluding carboxylic acids is 3. The predicted octanol–water partition coefficient (Wildman–Crippen LogP) is -0.129. The minimum absolute atomic E-state index is 0.429. The number of hydrogen-bond donors (Lipinski definition) is 0. The smallest absolute Gasteiger partial charge is 0.254 e. The second kappa shape index (κ2) is 3.12. The SMILES string of the molecule is O=CC(I)N1C(=O)C=CC1=O.